The summed E-state index contributed by atoms with van der Waals surface area (Å²) in [6, 6.07) is 8.05. The van der Waals surface area contributed by atoms with Crippen molar-refractivity contribution in [3.63, 3.8) is 0 Å². The standard InChI is InChI=1S/C22H36FN5O.HI/c1-17(2)27-9-7-20(8-10-27)26-22(24-3)25-16-21(28-11-13-29-14-12-28)18-5-4-6-19(23)15-18;/h4-6,15,17,20-21H,7-14,16H2,1-3H3,(H2,24,25,26);1H. The monoisotopic (exact) mass is 533 g/mol. The molecule has 6 nitrogen and oxygen atoms in total. The van der Waals surface area contributed by atoms with Crippen LogP contribution in [0.2, 0.25) is 0 Å². The molecule has 1 aromatic rings. The largest absolute Gasteiger partial charge is 0.379 e. The predicted octanol–water partition coefficient (Wildman–Crippen LogP) is 2.85. The second-order valence-electron chi connectivity index (χ2n) is 8.22. The smallest absolute Gasteiger partial charge is 0.191 e. The number of halogens is 2. The highest BCUT2D eigenvalue weighted by molar-refractivity contribution is 14.0. The maximum Gasteiger partial charge on any atom is 0.191 e. The number of piperidine rings is 1. The van der Waals surface area contributed by atoms with Gasteiger partial charge in [0.1, 0.15) is 5.82 Å². The Balaban J connectivity index is 0.00000320. The lowest BCUT2D eigenvalue weighted by molar-refractivity contribution is 0.0169. The van der Waals surface area contributed by atoms with Crippen LogP contribution in [0, 0.1) is 5.82 Å². The van der Waals surface area contributed by atoms with E-state index in [2.05, 4.69) is 39.3 Å². The van der Waals surface area contributed by atoms with E-state index in [9.17, 15) is 4.39 Å². The van der Waals surface area contributed by atoms with Gasteiger partial charge in [-0.3, -0.25) is 9.89 Å². The molecule has 0 aromatic heterocycles. The van der Waals surface area contributed by atoms with E-state index in [4.69, 9.17) is 4.74 Å². The molecule has 2 fully saturated rings. The maximum atomic E-state index is 13.9. The van der Waals surface area contributed by atoms with Gasteiger partial charge < -0.3 is 20.3 Å². The molecular formula is C22H37FIN5O. The van der Waals surface area contributed by atoms with Crippen molar-refractivity contribution in [2.75, 3.05) is 53.0 Å². The maximum absolute atomic E-state index is 13.9. The number of likely N-dealkylation sites (tertiary alicyclic amines) is 1. The minimum absolute atomic E-state index is 0. The molecule has 8 heteroatoms. The molecule has 0 radical (unpaired) electrons. The molecule has 2 aliphatic rings. The van der Waals surface area contributed by atoms with Crippen molar-refractivity contribution >= 4 is 29.9 Å². The topological polar surface area (TPSA) is 52.1 Å². The minimum Gasteiger partial charge on any atom is -0.379 e. The highest BCUT2D eigenvalue weighted by Crippen LogP contribution is 2.22. The fourth-order valence-electron chi connectivity index (χ4n) is 4.20. The predicted molar refractivity (Wildman–Crippen MR) is 131 cm³/mol. The van der Waals surface area contributed by atoms with Crippen molar-refractivity contribution in [3.8, 4) is 0 Å². The van der Waals surface area contributed by atoms with Gasteiger partial charge >= 0.3 is 0 Å². The number of aliphatic imine (C=N–C) groups is 1. The third kappa shape index (κ3) is 7.32. The van der Waals surface area contributed by atoms with Crippen LogP contribution in [0.4, 0.5) is 4.39 Å². The Kier molecular flexibility index (Phi) is 10.8. The second kappa shape index (κ2) is 12.8. The molecule has 2 heterocycles. The van der Waals surface area contributed by atoms with Crippen molar-refractivity contribution in [2.24, 2.45) is 4.99 Å². The van der Waals surface area contributed by atoms with Crippen molar-refractivity contribution in [1.82, 2.24) is 20.4 Å². The quantitative estimate of drug-likeness (QED) is 0.335. The number of morpholine rings is 1. The first-order chi connectivity index (χ1) is 14.1. The summed E-state index contributed by atoms with van der Waals surface area (Å²) in [6.07, 6.45) is 2.24. The fourth-order valence-corrected chi connectivity index (χ4v) is 4.20. The van der Waals surface area contributed by atoms with Crippen LogP contribution in [0.1, 0.15) is 38.3 Å². The summed E-state index contributed by atoms with van der Waals surface area (Å²) in [5, 5.41) is 7.07. The molecule has 3 rings (SSSR count). The first-order valence-corrected chi connectivity index (χ1v) is 10.9. The van der Waals surface area contributed by atoms with E-state index >= 15 is 0 Å². The van der Waals surface area contributed by atoms with Crippen molar-refractivity contribution in [3.05, 3.63) is 35.6 Å². The Labute approximate surface area is 197 Å². The molecule has 0 spiro atoms. The van der Waals surface area contributed by atoms with E-state index in [-0.39, 0.29) is 35.8 Å². The van der Waals surface area contributed by atoms with Crippen LogP contribution < -0.4 is 10.6 Å². The number of hydrogen-bond donors (Lipinski definition) is 2. The van der Waals surface area contributed by atoms with Crippen molar-refractivity contribution < 1.29 is 9.13 Å². The number of rotatable bonds is 6. The van der Waals surface area contributed by atoms with E-state index in [0.29, 0.717) is 31.8 Å². The van der Waals surface area contributed by atoms with Crippen LogP contribution in [0.3, 0.4) is 0 Å². The first kappa shape index (κ1) is 25.3. The summed E-state index contributed by atoms with van der Waals surface area (Å²) in [4.78, 5) is 9.31. The van der Waals surface area contributed by atoms with Crippen LogP contribution in [0.5, 0.6) is 0 Å². The van der Waals surface area contributed by atoms with Crippen LogP contribution in [-0.2, 0) is 4.74 Å². The van der Waals surface area contributed by atoms with Crippen LogP contribution in [-0.4, -0.2) is 80.8 Å². The molecule has 0 bridgehead atoms. The summed E-state index contributed by atoms with van der Waals surface area (Å²) < 4.78 is 19.4. The van der Waals surface area contributed by atoms with Gasteiger partial charge in [-0.05, 0) is 44.4 Å². The number of hydrogen-bond acceptors (Lipinski definition) is 4. The molecule has 170 valence electrons. The van der Waals surface area contributed by atoms with Gasteiger partial charge in [0.2, 0.25) is 0 Å². The molecule has 2 N–H and O–H groups in total. The van der Waals surface area contributed by atoms with E-state index < -0.39 is 0 Å². The van der Waals surface area contributed by atoms with Gasteiger partial charge in [-0.25, -0.2) is 4.39 Å². The third-order valence-corrected chi connectivity index (χ3v) is 6.01. The Morgan fingerprint density at radius 2 is 1.87 bits per heavy atom. The Morgan fingerprint density at radius 1 is 1.17 bits per heavy atom. The third-order valence-electron chi connectivity index (χ3n) is 6.01. The second-order valence-corrected chi connectivity index (χ2v) is 8.22. The molecule has 0 saturated carbocycles. The van der Waals surface area contributed by atoms with E-state index in [0.717, 1.165) is 50.5 Å². The first-order valence-electron chi connectivity index (χ1n) is 10.9. The average Bonchev–Trinajstić information content (AvgIpc) is 2.74. The van der Waals surface area contributed by atoms with Crippen molar-refractivity contribution in [2.45, 2.75) is 44.8 Å². The van der Waals surface area contributed by atoms with Crippen LogP contribution in [0.25, 0.3) is 0 Å². The highest BCUT2D eigenvalue weighted by Gasteiger charge is 2.25. The molecule has 1 atom stereocenters. The average molecular weight is 533 g/mol. The molecule has 2 aliphatic heterocycles. The van der Waals surface area contributed by atoms with Crippen LogP contribution in [0.15, 0.2) is 29.3 Å². The van der Waals surface area contributed by atoms with Gasteiger partial charge in [0.15, 0.2) is 5.96 Å². The summed E-state index contributed by atoms with van der Waals surface area (Å²) >= 11 is 0. The molecule has 1 aromatic carbocycles. The van der Waals surface area contributed by atoms with E-state index in [1.54, 1.807) is 12.1 Å². The van der Waals surface area contributed by atoms with Gasteiger partial charge in [-0.2, -0.15) is 0 Å². The van der Waals surface area contributed by atoms with Crippen LogP contribution >= 0.6 is 24.0 Å². The minimum atomic E-state index is -0.194. The summed E-state index contributed by atoms with van der Waals surface area (Å²) in [6.45, 7) is 10.6. The van der Waals surface area contributed by atoms with Gasteiger partial charge in [-0.1, -0.05) is 12.1 Å². The summed E-state index contributed by atoms with van der Waals surface area (Å²) in [5.74, 6) is 0.628. The number of nitrogens with zero attached hydrogens (tertiary/aromatic N) is 3. The molecule has 0 amide bonds. The molecular weight excluding hydrogens is 496 g/mol. The molecule has 1 unspecified atom stereocenters. The highest BCUT2D eigenvalue weighted by atomic mass is 127. The number of guanidine groups is 1. The lowest BCUT2D eigenvalue weighted by Gasteiger charge is -2.37. The Hall–Kier alpha value is -0.970. The zero-order valence-corrected chi connectivity index (χ0v) is 20.8. The Morgan fingerprint density at radius 3 is 2.47 bits per heavy atom. The van der Waals surface area contributed by atoms with E-state index in [1.165, 1.54) is 6.07 Å². The van der Waals surface area contributed by atoms with Gasteiger partial charge in [0.05, 0.1) is 19.3 Å². The number of benzene rings is 1. The van der Waals surface area contributed by atoms with Gasteiger partial charge in [0.25, 0.3) is 0 Å². The van der Waals surface area contributed by atoms with Gasteiger partial charge in [0, 0.05) is 51.9 Å². The SMILES string of the molecule is CN=C(NCC(c1cccc(F)c1)N1CCOCC1)NC1CCN(C(C)C)CC1.I. The number of ether oxygens (including phenoxy) is 1. The summed E-state index contributed by atoms with van der Waals surface area (Å²) in [7, 11) is 1.81. The summed E-state index contributed by atoms with van der Waals surface area (Å²) in [5.41, 5.74) is 0.986. The number of nitrogens with one attached hydrogen (secondary N) is 2. The lowest BCUT2D eigenvalue weighted by atomic mass is 10.0. The fraction of sp³-hybridized carbons (Fsp3) is 0.682. The normalized spacial score (nSPS) is 20.6. The van der Waals surface area contributed by atoms with Crippen molar-refractivity contribution in [1.29, 1.82) is 0 Å². The molecule has 0 aliphatic carbocycles. The van der Waals surface area contributed by atoms with E-state index in [1.807, 2.05) is 13.1 Å². The zero-order valence-electron chi connectivity index (χ0n) is 18.4. The van der Waals surface area contributed by atoms with Gasteiger partial charge in [-0.15, -0.1) is 24.0 Å². The lowest BCUT2D eigenvalue weighted by Crippen LogP contribution is -2.51. The molecule has 2 saturated heterocycles. The zero-order chi connectivity index (χ0) is 20.6. The molecule has 30 heavy (non-hydrogen) atoms. The Bertz CT molecular complexity index is 661.